The molecule has 0 amide bonds. The van der Waals surface area contributed by atoms with Crippen LogP contribution in [0.2, 0.25) is 5.02 Å². The molecule has 3 N–H and O–H groups in total. The molecular weight excluding hydrogens is 311 g/mol. The highest BCUT2D eigenvalue weighted by atomic mass is 35.7. The Morgan fingerprint density at radius 3 is 2.16 bits per heavy atom. The summed E-state index contributed by atoms with van der Waals surface area (Å²) in [6, 6.07) is 7.56. The van der Waals surface area contributed by atoms with E-state index in [1.54, 1.807) is 0 Å². The Labute approximate surface area is 122 Å². The van der Waals surface area contributed by atoms with Crippen LogP contribution in [0.15, 0.2) is 24.3 Å². The highest BCUT2D eigenvalue weighted by Crippen LogP contribution is 2.19. The Hall–Kier alpha value is -0.530. The molecule has 5 nitrogen and oxygen atoms in total. The van der Waals surface area contributed by atoms with Crippen molar-refractivity contribution < 1.29 is 13.2 Å². The fraction of sp³-hybridized carbons (Fsp3) is 0.455. The van der Waals surface area contributed by atoms with Gasteiger partial charge in [0.05, 0.1) is 0 Å². The second-order valence-electron chi connectivity index (χ2n) is 4.00. The largest absolute Gasteiger partial charge is 0.490 e. The summed E-state index contributed by atoms with van der Waals surface area (Å²) in [6.45, 7) is 2.11. The lowest BCUT2D eigenvalue weighted by molar-refractivity contribution is 0.162. The fourth-order valence-corrected chi connectivity index (χ4v) is 1.74. The summed E-state index contributed by atoms with van der Waals surface area (Å²) in [5, 5.41) is 8.15. The maximum Gasteiger partial charge on any atom is 0.294 e. The number of hydrogen-bond acceptors (Lipinski definition) is 4. The molecule has 1 saturated heterocycles. The van der Waals surface area contributed by atoms with Gasteiger partial charge in [-0.05, 0) is 50.2 Å². The van der Waals surface area contributed by atoms with Crippen LogP contribution in [0, 0.1) is 0 Å². The van der Waals surface area contributed by atoms with Crippen LogP contribution < -0.4 is 15.2 Å². The van der Waals surface area contributed by atoms with Crippen LogP contribution in [0.1, 0.15) is 12.8 Å². The minimum Gasteiger partial charge on any atom is -0.490 e. The molecule has 0 aromatic heterocycles. The van der Waals surface area contributed by atoms with Crippen molar-refractivity contribution in [3.63, 3.8) is 0 Å². The van der Waals surface area contributed by atoms with Crippen molar-refractivity contribution in [2.75, 3.05) is 13.1 Å². The normalized spacial score (nSPS) is 16.4. The van der Waals surface area contributed by atoms with Gasteiger partial charge in [0.25, 0.3) is 9.24 Å². The first-order valence-corrected chi connectivity index (χ1v) is 8.45. The van der Waals surface area contributed by atoms with E-state index in [0.29, 0.717) is 6.10 Å². The smallest absolute Gasteiger partial charge is 0.294 e. The lowest BCUT2D eigenvalue weighted by atomic mass is 10.1. The minimum atomic E-state index is -3.69. The predicted octanol–water partition coefficient (Wildman–Crippen LogP) is 1.90. The summed E-state index contributed by atoms with van der Waals surface area (Å²) >= 11 is 5.79. The number of nitrogens with two attached hydrogens (primary N) is 1. The molecule has 0 atom stereocenters. The summed E-state index contributed by atoms with van der Waals surface area (Å²) < 4.78 is 24.2. The quantitative estimate of drug-likeness (QED) is 0.813. The highest BCUT2D eigenvalue weighted by molar-refractivity contribution is 8.11. The number of piperidine rings is 1. The van der Waals surface area contributed by atoms with Crippen molar-refractivity contribution in [2.45, 2.75) is 18.9 Å². The standard InChI is InChI=1S/C11H14ClNO.ClH2NO2S/c12-9-1-3-10(4-2-9)14-11-5-7-13-8-6-11;1-5(2,3)4/h1-4,11,13H,5-8H2;(H2,2,3,4). The Balaban J connectivity index is 0.000000312. The first-order chi connectivity index (χ1) is 8.84. The average Bonchev–Trinajstić information content (AvgIpc) is 2.31. The molecule has 0 radical (unpaired) electrons. The van der Waals surface area contributed by atoms with Crippen LogP contribution in [0.3, 0.4) is 0 Å². The zero-order chi connectivity index (χ0) is 14.3. The molecular formula is C11H16Cl2N2O3S. The third-order valence-electron chi connectivity index (χ3n) is 2.40. The number of benzene rings is 1. The molecule has 0 saturated carbocycles. The van der Waals surface area contributed by atoms with Crippen LogP contribution in [0.25, 0.3) is 0 Å². The van der Waals surface area contributed by atoms with Gasteiger partial charge in [0.15, 0.2) is 0 Å². The summed E-state index contributed by atoms with van der Waals surface area (Å²) in [6.07, 6.45) is 2.53. The maximum absolute atomic E-state index is 9.18. The first kappa shape index (κ1) is 16.5. The van der Waals surface area contributed by atoms with E-state index < -0.39 is 9.24 Å². The molecule has 1 aliphatic heterocycles. The van der Waals surface area contributed by atoms with Gasteiger partial charge in [0, 0.05) is 15.7 Å². The van der Waals surface area contributed by atoms with Crippen molar-refractivity contribution >= 4 is 31.5 Å². The molecule has 2 rings (SSSR count). The van der Waals surface area contributed by atoms with E-state index in [9.17, 15) is 8.42 Å². The maximum atomic E-state index is 9.18. The Bertz CT molecular complexity index is 465. The molecule has 1 heterocycles. The van der Waals surface area contributed by atoms with Gasteiger partial charge in [-0.3, -0.25) is 0 Å². The lowest BCUT2D eigenvalue weighted by Gasteiger charge is -2.23. The van der Waals surface area contributed by atoms with Crippen molar-refractivity contribution in [3.8, 4) is 5.75 Å². The average molecular weight is 327 g/mol. The van der Waals surface area contributed by atoms with Gasteiger partial charge in [-0.15, -0.1) is 0 Å². The third-order valence-corrected chi connectivity index (χ3v) is 2.65. The Morgan fingerprint density at radius 2 is 1.68 bits per heavy atom. The lowest BCUT2D eigenvalue weighted by Crippen LogP contribution is -2.34. The van der Waals surface area contributed by atoms with E-state index in [1.807, 2.05) is 24.3 Å². The molecule has 0 spiro atoms. The van der Waals surface area contributed by atoms with E-state index >= 15 is 0 Å². The van der Waals surface area contributed by atoms with Crippen molar-refractivity contribution in [1.82, 2.24) is 5.32 Å². The SMILES string of the molecule is Clc1ccc(OC2CCNCC2)cc1.NS(=O)(=O)Cl. The van der Waals surface area contributed by atoms with E-state index in [4.69, 9.17) is 16.3 Å². The monoisotopic (exact) mass is 326 g/mol. The predicted molar refractivity (Wildman–Crippen MR) is 76.9 cm³/mol. The third kappa shape index (κ3) is 9.07. The molecule has 1 aromatic rings. The summed E-state index contributed by atoms with van der Waals surface area (Å²) in [5.74, 6) is 0.918. The second-order valence-corrected chi connectivity index (χ2v) is 6.67. The van der Waals surface area contributed by atoms with Crippen molar-refractivity contribution in [1.29, 1.82) is 0 Å². The van der Waals surface area contributed by atoms with E-state index in [2.05, 4.69) is 21.1 Å². The van der Waals surface area contributed by atoms with Crippen LogP contribution >= 0.6 is 22.3 Å². The number of ether oxygens (including phenoxy) is 1. The van der Waals surface area contributed by atoms with E-state index in [1.165, 1.54) is 0 Å². The molecule has 0 bridgehead atoms. The fourth-order valence-electron chi connectivity index (χ4n) is 1.62. The van der Waals surface area contributed by atoms with Crippen LogP contribution in [-0.4, -0.2) is 27.6 Å². The topological polar surface area (TPSA) is 81.4 Å². The number of nitrogens with one attached hydrogen (secondary N) is 1. The summed E-state index contributed by atoms with van der Waals surface area (Å²) in [7, 11) is 0.586. The van der Waals surface area contributed by atoms with Crippen LogP contribution in [-0.2, 0) is 9.24 Å². The van der Waals surface area contributed by atoms with Crippen molar-refractivity contribution in [3.05, 3.63) is 29.3 Å². The first-order valence-electron chi connectivity index (χ1n) is 5.70. The molecule has 19 heavy (non-hydrogen) atoms. The zero-order valence-corrected chi connectivity index (χ0v) is 12.5. The van der Waals surface area contributed by atoms with Crippen molar-refractivity contribution in [2.24, 2.45) is 5.14 Å². The van der Waals surface area contributed by atoms with Gasteiger partial charge in [0.1, 0.15) is 11.9 Å². The second kappa shape index (κ2) is 7.91. The van der Waals surface area contributed by atoms with Crippen LogP contribution in [0.4, 0.5) is 0 Å². The van der Waals surface area contributed by atoms with Gasteiger partial charge < -0.3 is 10.1 Å². The number of halogens is 2. The highest BCUT2D eigenvalue weighted by Gasteiger charge is 2.13. The van der Waals surface area contributed by atoms with Gasteiger partial charge in [0.2, 0.25) is 0 Å². The van der Waals surface area contributed by atoms with E-state index in [-0.39, 0.29) is 0 Å². The van der Waals surface area contributed by atoms with Gasteiger partial charge in [-0.1, -0.05) is 11.6 Å². The summed E-state index contributed by atoms with van der Waals surface area (Å²) in [4.78, 5) is 0. The zero-order valence-electron chi connectivity index (χ0n) is 10.2. The molecule has 0 unspecified atom stereocenters. The molecule has 1 aliphatic rings. The molecule has 0 aliphatic carbocycles. The Kier molecular flexibility index (Phi) is 6.88. The van der Waals surface area contributed by atoms with Gasteiger partial charge >= 0.3 is 0 Å². The molecule has 108 valence electrons. The Morgan fingerprint density at radius 1 is 1.21 bits per heavy atom. The molecule has 8 heteroatoms. The number of hydrogen-bond donors (Lipinski definition) is 2. The summed E-state index contributed by atoms with van der Waals surface area (Å²) in [5.41, 5.74) is 0. The van der Waals surface area contributed by atoms with E-state index in [0.717, 1.165) is 36.7 Å². The van der Waals surface area contributed by atoms with Gasteiger partial charge in [-0.2, -0.15) is 8.42 Å². The number of rotatable bonds is 2. The molecule has 1 fully saturated rings. The minimum absolute atomic E-state index is 0.359. The molecule has 1 aromatic carbocycles. The van der Waals surface area contributed by atoms with Crippen LogP contribution in [0.5, 0.6) is 5.75 Å². The van der Waals surface area contributed by atoms with Gasteiger partial charge in [-0.25, -0.2) is 5.14 Å².